The van der Waals surface area contributed by atoms with Crippen LogP contribution in [0.4, 0.5) is 0 Å². The third-order valence-electron chi connectivity index (χ3n) is 2.00. The van der Waals surface area contributed by atoms with Gasteiger partial charge in [-0.3, -0.25) is 0 Å². The normalized spacial score (nSPS) is 10.9. The minimum atomic E-state index is -2.38. The summed E-state index contributed by atoms with van der Waals surface area (Å²) in [4.78, 5) is 0. The van der Waals surface area contributed by atoms with Crippen molar-refractivity contribution >= 4 is 18.9 Å². The van der Waals surface area contributed by atoms with Crippen LogP contribution in [-0.2, 0) is 28.4 Å². The van der Waals surface area contributed by atoms with Crippen LogP contribution >= 0.6 is 10.1 Å². The molecule has 0 aromatic carbocycles. The molecule has 0 amide bonds. The van der Waals surface area contributed by atoms with E-state index < -0.39 is 8.80 Å². The molecule has 0 aromatic heterocycles. The number of hydrogen-bond acceptors (Lipinski definition) is 3. The molecule has 104 valence electrons. The van der Waals surface area contributed by atoms with Crippen LogP contribution in [0, 0.1) is 0 Å². The van der Waals surface area contributed by atoms with Crippen LogP contribution in [-0.4, -0.2) is 49.8 Å². The van der Waals surface area contributed by atoms with E-state index in [0.717, 1.165) is 19.0 Å². The Morgan fingerprint density at radius 1 is 1.12 bits per heavy atom. The van der Waals surface area contributed by atoms with Crippen LogP contribution in [0.1, 0.15) is 6.42 Å². The third-order valence-corrected chi connectivity index (χ3v) is 4.83. The molecule has 0 saturated carbocycles. The Balaban J connectivity index is 0. The summed E-state index contributed by atoms with van der Waals surface area (Å²) in [6.07, 6.45) is 0.891. The van der Waals surface area contributed by atoms with Crippen molar-refractivity contribution in [3.05, 3.63) is 11.1 Å². The molecule has 8 heteroatoms. The first-order valence-electron chi connectivity index (χ1n) is 4.79. The van der Waals surface area contributed by atoms with E-state index >= 15 is 0 Å². The summed E-state index contributed by atoms with van der Waals surface area (Å²) in [6.45, 7) is 1.73. The summed E-state index contributed by atoms with van der Waals surface area (Å²) in [5, 5.41) is 4.16. The van der Waals surface area contributed by atoms with E-state index in [9.17, 15) is 0 Å². The number of nitrogens with zero attached hydrogens (tertiary/aromatic N) is 1. The van der Waals surface area contributed by atoms with Crippen molar-refractivity contribution in [3.63, 3.8) is 0 Å². The van der Waals surface area contributed by atoms with Gasteiger partial charge < -0.3 is 24.3 Å². The second kappa shape index (κ2) is 13.9. The van der Waals surface area contributed by atoms with Gasteiger partial charge in [0.15, 0.2) is 0 Å². The van der Waals surface area contributed by atoms with Gasteiger partial charge in [-0.05, 0) is 0 Å². The summed E-state index contributed by atoms with van der Waals surface area (Å²) < 4.78 is 15.8. The first-order chi connectivity index (χ1) is 7.74. The topological polar surface area (TPSA) is 65.6 Å². The van der Waals surface area contributed by atoms with Gasteiger partial charge in [-0.15, -0.1) is 6.54 Å². The van der Waals surface area contributed by atoms with Gasteiger partial charge in [-0.25, -0.2) is 0 Å². The predicted octanol–water partition coefficient (Wildman–Crippen LogP) is 2.37. The van der Waals surface area contributed by atoms with Gasteiger partial charge in [0.25, 0.3) is 0 Å². The molecule has 0 aliphatic rings. The van der Waals surface area contributed by atoms with Gasteiger partial charge in [0.1, 0.15) is 0 Å². The van der Waals surface area contributed by atoms with E-state index in [1.165, 1.54) is 0 Å². The van der Waals surface area contributed by atoms with Gasteiger partial charge in [0.05, 0.1) is 0 Å². The number of halogens is 1. The van der Waals surface area contributed by atoms with Crippen molar-refractivity contribution in [2.75, 3.05) is 41.0 Å². The van der Waals surface area contributed by atoms with Crippen molar-refractivity contribution < 1.29 is 28.4 Å². The molecule has 0 heterocycles. The van der Waals surface area contributed by atoms with E-state index in [0.29, 0.717) is 13.1 Å². The summed E-state index contributed by atoms with van der Waals surface area (Å²) >= 11 is 3.66. The molecule has 0 radical (unpaired) electrons. The van der Waals surface area contributed by atoms with Crippen LogP contribution < -0.4 is 0 Å². The van der Waals surface area contributed by atoms with Gasteiger partial charge in [-0.1, -0.05) is 6.42 Å². The zero-order valence-corrected chi connectivity index (χ0v) is 12.6. The zero-order chi connectivity index (χ0) is 12.9. The summed E-state index contributed by atoms with van der Waals surface area (Å²) in [5.41, 5.74) is 6.91. The van der Waals surface area contributed by atoms with Gasteiger partial charge in [0.2, 0.25) is 0 Å². The fourth-order valence-electron chi connectivity index (χ4n) is 1.15. The number of rotatable bonds is 9. The zero-order valence-electron chi connectivity index (χ0n) is 9.89. The SMILES string of the molecule is CO[Si](CCC[N-]CC[NH-])(OC)OC.[Cl][Cu]. The number of nitrogens with one attached hydrogen (secondary N) is 1. The summed E-state index contributed by atoms with van der Waals surface area (Å²) in [5.74, 6) is 0. The molecule has 0 bridgehead atoms. The molecule has 0 aliphatic carbocycles. The summed E-state index contributed by atoms with van der Waals surface area (Å²) in [6, 6.07) is 0.776. The molecule has 0 unspecified atom stereocenters. The first-order valence-corrected chi connectivity index (χ1v) is 8.02. The van der Waals surface area contributed by atoms with E-state index in [2.05, 4.69) is 30.5 Å². The predicted molar refractivity (Wildman–Crippen MR) is 64.3 cm³/mol. The van der Waals surface area contributed by atoms with Crippen molar-refractivity contribution in [2.24, 2.45) is 0 Å². The monoisotopic (exact) mass is 318 g/mol. The molecule has 0 aromatic rings. The van der Waals surface area contributed by atoms with Crippen LogP contribution in [0.5, 0.6) is 0 Å². The van der Waals surface area contributed by atoms with Crippen molar-refractivity contribution in [2.45, 2.75) is 12.5 Å². The molecular weight excluding hydrogens is 299 g/mol. The quantitative estimate of drug-likeness (QED) is 0.484. The van der Waals surface area contributed by atoms with Gasteiger partial charge in [-0.2, -0.15) is 13.1 Å². The van der Waals surface area contributed by atoms with E-state index in [1.54, 1.807) is 21.3 Å². The molecule has 0 atom stereocenters. The molecule has 0 aliphatic heterocycles. The Hall–Kier alpha value is 0.826. The molecular formula is C8H20ClCuN2O3Si-2. The molecule has 0 rings (SSSR count). The van der Waals surface area contributed by atoms with Crippen LogP contribution in [0.25, 0.3) is 11.1 Å². The summed E-state index contributed by atoms with van der Waals surface area (Å²) in [7, 11) is 6.65. The van der Waals surface area contributed by atoms with Gasteiger partial charge in [0, 0.05) is 27.4 Å². The molecule has 0 saturated heterocycles. The Labute approximate surface area is 112 Å². The van der Waals surface area contributed by atoms with E-state index in [-0.39, 0.29) is 0 Å². The van der Waals surface area contributed by atoms with E-state index in [1.807, 2.05) is 0 Å². The maximum absolute atomic E-state index is 6.91. The van der Waals surface area contributed by atoms with Crippen LogP contribution in [0.15, 0.2) is 0 Å². The fourth-order valence-corrected chi connectivity index (χ4v) is 2.86. The van der Waals surface area contributed by atoms with Crippen LogP contribution in [0.3, 0.4) is 0 Å². The minimum absolute atomic E-state index is 0.363. The Kier molecular flexibility index (Phi) is 16.6. The Morgan fingerprint density at radius 3 is 2.00 bits per heavy atom. The molecule has 5 nitrogen and oxygen atoms in total. The first kappa shape index (κ1) is 19.2. The van der Waals surface area contributed by atoms with Crippen molar-refractivity contribution in [3.8, 4) is 0 Å². The Morgan fingerprint density at radius 2 is 1.62 bits per heavy atom. The van der Waals surface area contributed by atoms with Crippen molar-refractivity contribution in [1.82, 2.24) is 0 Å². The second-order valence-corrected chi connectivity index (χ2v) is 5.91. The molecule has 16 heavy (non-hydrogen) atoms. The maximum atomic E-state index is 6.91. The Bertz CT molecular complexity index is 136. The molecule has 0 fully saturated rings. The standard InChI is InChI=1S/C8H20N2O3Si.ClH.Cu/c1-11-14(12-2,13-3)8-4-6-10-7-5-9;;/h9H,4-8H2,1-3H3;1H;/q-2;;+1/p-1. The average molecular weight is 319 g/mol. The fraction of sp³-hybridized carbons (Fsp3) is 1.00. The van der Waals surface area contributed by atoms with Gasteiger partial charge >= 0.3 is 34.0 Å². The van der Waals surface area contributed by atoms with Crippen LogP contribution in [0.2, 0.25) is 6.04 Å². The van der Waals surface area contributed by atoms with Crippen molar-refractivity contribution in [1.29, 1.82) is 0 Å². The average Bonchev–Trinajstić information content (AvgIpc) is 2.37. The third kappa shape index (κ3) is 8.92. The molecule has 0 spiro atoms. The van der Waals surface area contributed by atoms with E-state index in [4.69, 9.17) is 19.0 Å². The second-order valence-electron chi connectivity index (χ2n) is 2.82. The number of hydrogen-bond donors (Lipinski definition) is 0. The molecule has 1 N–H and O–H groups in total.